The molecule has 0 spiro atoms. The highest BCUT2D eigenvalue weighted by molar-refractivity contribution is 6.01. The third kappa shape index (κ3) is 4.78. The van der Waals surface area contributed by atoms with Crippen LogP contribution in [0.15, 0.2) is 54.6 Å². The Kier molecular flexibility index (Phi) is 5.12. The lowest BCUT2D eigenvalue weighted by Gasteiger charge is -2.03. The molecule has 108 valence electrons. The number of aliphatic hydroxyl groups is 1. The SMILES string of the molecule is O=C(C=Cc1ccc(O)cc1)Nc1ccc(CCO)cc1. The molecule has 21 heavy (non-hydrogen) atoms. The Labute approximate surface area is 123 Å². The topological polar surface area (TPSA) is 69.6 Å². The molecule has 0 aromatic heterocycles. The summed E-state index contributed by atoms with van der Waals surface area (Å²) < 4.78 is 0. The van der Waals surface area contributed by atoms with E-state index >= 15 is 0 Å². The van der Waals surface area contributed by atoms with Gasteiger partial charge in [0.05, 0.1) is 0 Å². The number of aromatic hydroxyl groups is 1. The first-order valence-corrected chi connectivity index (χ1v) is 6.65. The Balaban J connectivity index is 1.93. The van der Waals surface area contributed by atoms with Gasteiger partial charge in [-0.25, -0.2) is 0 Å². The number of hydrogen-bond acceptors (Lipinski definition) is 3. The maximum absolute atomic E-state index is 11.8. The highest BCUT2D eigenvalue weighted by Gasteiger charge is 1.98. The highest BCUT2D eigenvalue weighted by atomic mass is 16.3. The lowest BCUT2D eigenvalue weighted by Crippen LogP contribution is -2.07. The van der Waals surface area contributed by atoms with Gasteiger partial charge in [-0.2, -0.15) is 0 Å². The number of carbonyl (C=O) groups is 1. The van der Waals surface area contributed by atoms with Gasteiger partial charge in [-0.3, -0.25) is 4.79 Å². The first-order valence-electron chi connectivity index (χ1n) is 6.65. The van der Waals surface area contributed by atoms with Gasteiger partial charge in [0.25, 0.3) is 0 Å². The summed E-state index contributed by atoms with van der Waals surface area (Å²) in [6, 6.07) is 13.9. The molecule has 0 saturated carbocycles. The Morgan fingerprint density at radius 3 is 2.33 bits per heavy atom. The molecule has 0 saturated heterocycles. The number of nitrogens with one attached hydrogen (secondary N) is 1. The molecule has 0 aliphatic heterocycles. The molecule has 4 heteroatoms. The van der Waals surface area contributed by atoms with E-state index < -0.39 is 0 Å². The van der Waals surface area contributed by atoms with Gasteiger partial charge < -0.3 is 15.5 Å². The van der Waals surface area contributed by atoms with Crippen LogP contribution in [-0.4, -0.2) is 22.7 Å². The van der Waals surface area contributed by atoms with Crippen LogP contribution in [0.4, 0.5) is 5.69 Å². The summed E-state index contributed by atoms with van der Waals surface area (Å²) in [5, 5.41) is 20.8. The van der Waals surface area contributed by atoms with Gasteiger partial charge in [0, 0.05) is 18.4 Å². The van der Waals surface area contributed by atoms with Crippen molar-refractivity contribution >= 4 is 17.7 Å². The number of anilines is 1. The number of carbonyl (C=O) groups excluding carboxylic acids is 1. The fourth-order valence-corrected chi connectivity index (χ4v) is 1.83. The Hall–Kier alpha value is -2.59. The summed E-state index contributed by atoms with van der Waals surface area (Å²) in [5.74, 6) is -0.0300. The van der Waals surface area contributed by atoms with Crippen LogP contribution in [0.3, 0.4) is 0 Å². The first kappa shape index (κ1) is 14.8. The minimum absolute atomic E-state index is 0.112. The van der Waals surface area contributed by atoms with Crippen LogP contribution in [0.5, 0.6) is 5.75 Å². The summed E-state index contributed by atoms with van der Waals surface area (Å²) in [7, 11) is 0. The standard InChI is InChI=1S/C17H17NO3/c19-12-11-14-1-6-15(7-2-14)18-17(21)10-5-13-3-8-16(20)9-4-13/h1-10,19-20H,11-12H2,(H,18,21). The monoisotopic (exact) mass is 283 g/mol. The summed E-state index contributed by atoms with van der Waals surface area (Å²) in [4.78, 5) is 11.8. The summed E-state index contributed by atoms with van der Waals surface area (Å²) in [6.45, 7) is 0.112. The van der Waals surface area contributed by atoms with Crippen molar-refractivity contribution in [1.82, 2.24) is 0 Å². The number of phenols is 1. The van der Waals surface area contributed by atoms with Crippen LogP contribution in [0.1, 0.15) is 11.1 Å². The Bertz CT molecular complexity index is 615. The van der Waals surface area contributed by atoms with E-state index in [1.807, 2.05) is 12.1 Å². The summed E-state index contributed by atoms with van der Waals surface area (Å²) in [6.07, 6.45) is 3.72. The van der Waals surface area contributed by atoms with Crippen molar-refractivity contribution in [3.05, 3.63) is 65.7 Å². The molecule has 0 bridgehead atoms. The second-order valence-corrected chi connectivity index (χ2v) is 4.58. The van der Waals surface area contributed by atoms with E-state index in [9.17, 15) is 9.90 Å². The first-order chi connectivity index (χ1) is 10.2. The Morgan fingerprint density at radius 1 is 1.05 bits per heavy atom. The van der Waals surface area contributed by atoms with Crippen molar-refractivity contribution in [3.63, 3.8) is 0 Å². The number of hydrogen-bond donors (Lipinski definition) is 3. The van der Waals surface area contributed by atoms with Crippen LogP contribution in [0, 0.1) is 0 Å². The fourth-order valence-electron chi connectivity index (χ4n) is 1.83. The van der Waals surface area contributed by atoms with E-state index in [0.717, 1.165) is 11.1 Å². The molecule has 0 atom stereocenters. The van der Waals surface area contributed by atoms with E-state index in [1.54, 1.807) is 42.5 Å². The third-order valence-corrected chi connectivity index (χ3v) is 2.94. The zero-order chi connectivity index (χ0) is 15.1. The zero-order valence-electron chi connectivity index (χ0n) is 11.5. The Morgan fingerprint density at radius 2 is 1.71 bits per heavy atom. The predicted octanol–water partition coefficient (Wildman–Crippen LogP) is 2.58. The molecule has 0 fully saturated rings. The van der Waals surface area contributed by atoms with Crippen molar-refractivity contribution < 1.29 is 15.0 Å². The maximum atomic E-state index is 11.8. The highest BCUT2D eigenvalue weighted by Crippen LogP contribution is 2.12. The molecule has 0 unspecified atom stereocenters. The summed E-state index contributed by atoms with van der Waals surface area (Å²) >= 11 is 0. The van der Waals surface area contributed by atoms with Crippen LogP contribution >= 0.6 is 0 Å². The molecule has 0 aliphatic carbocycles. The smallest absolute Gasteiger partial charge is 0.248 e. The number of phenolic OH excluding ortho intramolecular Hbond substituents is 1. The van der Waals surface area contributed by atoms with Crippen molar-refractivity contribution in [1.29, 1.82) is 0 Å². The molecular formula is C17H17NO3. The van der Waals surface area contributed by atoms with Crippen LogP contribution < -0.4 is 5.32 Å². The average molecular weight is 283 g/mol. The molecule has 3 N–H and O–H groups in total. The van der Waals surface area contributed by atoms with Crippen LogP contribution in [0.25, 0.3) is 6.08 Å². The van der Waals surface area contributed by atoms with Gasteiger partial charge in [0.15, 0.2) is 0 Å². The number of amides is 1. The molecule has 2 aromatic rings. The molecule has 0 heterocycles. The van der Waals surface area contributed by atoms with Gasteiger partial charge in [-0.15, -0.1) is 0 Å². The lowest BCUT2D eigenvalue weighted by atomic mass is 10.1. The molecule has 4 nitrogen and oxygen atoms in total. The number of benzene rings is 2. The van der Waals surface area contributed by atoms with Gasteiger partial charge in [0.2, 0.25) is 5.91 Å². The van der Waals surface area contributed by atoms with Crippen molar-refractivity contribution in [2.45, 2.75) is 6.42 Å². The molecule has 2 aromatic carbocycles. The van der Waals surface area contributed by atoms with Crippen molar-refractivity contribution in [2.75, 3.05) is 11.9 Å². The van der Waals surface area contributed by atoms with E-state index in [-0.39, 0.29) is 18.3 Å². The average Bonchev–Trinajstić information content (AvgIpc) is 2.49. The second kappa shape index (κ2) is 7.26. The molecule has 0 aliphatic rings. The number of rotatable bonds is 5. The van der Waals surface area contributed by atoms with E-state index in [1.165, 1.54) is 6.08 Å². The summed E-state index contributed by atoms with van der Waals surface area (Å²) in [5.41, 5.74) is 2.56. The molecule has 0 radical (unpaired) electrons. The largest absolute Gasteiger partial charge is 0.508 e. The zero-order valence-corrected chi connectivity index (χ0v) is 11.5. The van der Waals surface area contributed by atoms with Gasteiger partial charge in [-0.1, -0.05) is 24.3 Å². The third-order valence-electron chi connectivity index (χ3n) is 2.94. The molecule has 1 amide bonds. The number of aliphatic hydroxyl groups excluding tert-OH is 1. The quantitative estimate of drug-likeness (QED) is 0.739. The van der Waals surface area contributed by atoms with E-state index in [2.05, 4.69) is 5.32 Å². The fraction of sp³-hybridized carbons (Fsp3) is 0.118. The van der Waals surface area contributed by atoms with Gasteiger partial charge in [0.1, 0.15) is 5.75 Å². The van der Waals surface area contributed by atoms with E-state index in [4.69, 9.17) is 5.11 Å². The van der Waals surface area contributed by atoms with E-state index in [0.29, 0.717) is 12.1 Å². The lowest BCUT2D eigenvalue weighted by molar-refractivity contribution is -0.111. The van der Waals surface area contributed by atoms with Crippen molar-refractivity contribution in [3.8, 4) is 5.75 Å². The van der Waals surface area contributed by atoms with Crippen LogP contribution in [-0.2, 0) is 11.2 Å². The van der Waals surface area contributed by atoms with Crippen molar-refractivity contribution in [2.24, 2.45) is 0 Å². The minimum Gasteiger partial charge on any atom is -0.508 e. The van der Waals surface area contributed by atoms with Gasteiger partial charge in [-0.05, 0) is 47.9 Å². The predicted molar refractivity (Wildman–Crippen MR) is 83.0 cm³/mol. The van der Waals surface area contributed by atoms with Gasteiger partial charge >= 0.3 is 0 Å². The molecule has 2 rings (SSSR count). The maximum Gasteiger partial charge on any atom is 0.248 e. The second-order valence-electron chi connectivity index (χ2n) is 4.58. The minimum atomic E-state index is -0.224. The normalized spacial score (nSPS) is 10.7. The molecular weight excluding hydrogens is 266 g/mol. The van der Waals surface area contributed by atoms with Crippen LogP contribution in [0.2, 0.25) is 0 Å².